The van der Waals surface area contributed by atoms with Crippen molar-refractivity contribution in [3.63, 3.8) is 0 Å². The zero-order chi connectivity index (χ0) is 13.7. The molecule has 0 aliphatic carbocycles. The molecule has 0 aliphatic rings. The van der Waals surface area contributed by atoms with E-state index in [1.807, 2.05) is 6.07 Å². The van der Waals surface area contributed by atoms with Crippen molar-refractivity contribution in [1.82, 2.24) is 5.32 Å². The Bertz CT molecular complexity index is 369. The summed E-state index contributed by atoms with van der Waals surface area (Å²) in [6.07, 6.45) is 0. The van der Waals surface area contributed by atoms with E-state index in [4.69, 9.17) is 11.6 Å². The molecule has 0 atom stereocenters. The summed E-state index contributed by atoms with van der Waals surface area (Å²) in [5.74, 6) is 1.60. The van der Waals surface area contributed by atoms with Crippen molar-refractivity contribution in [2.24, 2.45) is 17.8 Å². The summed E-state index contributed by atoms with van der Waals surface area (Å²) in [7, 11) is 0. The predicted molar refractivity (Wildman–Crippen MR) is 76.3 cm³/mol. The maximum atomic E-state index is 13.3. The highest BCUT2D eigenvalue weighted by molar-refractivity contribution is 6.30. The first-order valence-corrected chi connectivity index (χ1v) is 6.94. The normalized spacial score (nSPS) is 11.8. The van der Waals surface area contributed by atoms with E-state index >= 15 is 0 Å². The molecule has 0 bridgehead atoms. The Morgan fingerprint density at radius 1 is 1.17 bits per heavy atom. The fraction of sp³-hybridized carbons (Fsp3) is 0.600. The summed E-state index contributed by atoms with van der Waals surface area (Å²) in [5.41, 5.74) is 0.933. The SMILES string of the molecule is CC(C)C(CNCc1ccc(Cl)c(F)c1)C(C)C. The lowest BCUT2D eigenvalue weighted by Crippen LogP contribution is -2.29. The fourth-order valence-electron chi connectivity index (χ4n) is 2.27. The van der Waals surface area contributed by atoms with Crippen LogP contribution in [0.4, 0.5) is 4.39 Å². The first-order chi connectivity index (χ1) is 8.41. The molecule has 0 aromatic heterocycles. The third-order valence-corrected chi connectivity index (χ3v) is 3.71. The highest BCUT2D eigenvalue weighted by Crippen LogP contribution is 2.20. The van der Waals surface area contributed by atoms with Crippen LogP contribution in [0.15, 0.2) is 18.2 Å². The second-order valence-corrected chi connectivity index (χ2v) is 5.94. The number of benzene rings is 1. The first-order valence-electron chi connectivity index (χ1n) is 6.56. The lowest BCUT2D eigenvalue weighted by Gasteiger charge is -2.25. The van der Waals surface area contributed by atoms with E-state index in [0.717, 1.165) is 12.1 Å². The first kappa shape index (κ1) is 15.5. The van der Waals surface area contributed by atoms with Gasteiger partial charge >= 0.3 is 0 Å². The molecule has 1 nitrogen and oxygen atoms in total. The van der Waals surface area contributed by atoms with E-state index in [-0.39, 0.29) is 10.8 Å². The summed E-state index contributed by atoms with van der Waals surface area (Å²) < 4.78 is 13.3. The van der Waals surface area contributed by atoms with Crippen molar-refractivity contribution < 1.29 is 4.39 Å². The summed E-state index contributed by atoms with van der Waals surface area (Å²) in [4.78, 5) is 0. The second-order valence-electron chi connectivity index (χ2n) is 5.53. The van der Waals surface area contributed by atoms with Crippen LogP contribution >= 0.6 is 11.6 Å². The summed E-state index contributed by atoms with van der Waals surface area (Å²) in [6, 6.07) is 4.96. The quantitative estimate of drug-likeness (QED) is 0.803. The lowest BCUT2D eigenvalue weighted by molar-refractivity contribution is 0.275. The monoisotopic (exact) mass is 271 g/mol. The minimum atomic E-state index is -0.347. The molecule has 0 unspecified atom stereocenters. The van der Waals surface area contributed by atoms with Crippen molar-refractivity contribution in [3.05, 3.63) is 34.6 Å². The van der Waals surface area contributed by atoms with Gasteiger partial charge in [0.05, 0.1) is 5.02 Å². The van der Waals surface area contributed by atoms with Gasteiger partial charge in [0.2, 0.25) is 0 Å². The smallest absolute Gasteiger partial charge is 0.142 e. The van der Waals surface area contributed by atoms with Gasteiger partial charge in [0.1, 0.15) is 5.82 Å². The molecule has 0 radical (unpaired) electrons. The van der Waals surface area contributed by atoms with E-state index < -0.39 is 0 Å². The van der Waals surface area contributed by atoms with Crippen LogP contribution in [0.1, 0.15) is 33.3 Å². The van der Waals surface area contributed by atoms with Gasteiger partial charge in [-0.25, -0.2) is 4.39 Å². The van der Waals surface area contributed by atoms with Gasteiger partial charge in [-0.3, -0.25) is 0 Å². The average molecular weight is 272 g/mol. The van der Waals surface area contributed by atoms with Crippen LogP contribution in [0.5, 0.6) is 0 Å². The van der Waals surface area contributed by atoms with Gasteiger partial charge in [-0.2, -0.15) is 0 Å². The topological polar surface area (TPSA) is 12.0 Å². The number of halogens is 2. The van der Waals surface area contributed by atoms with Crippen LogP contribution in [0.3, 0.4) is 0 Å². The highest BCUT2D eigenvalue weighted by Gasteiger charge is 2.16. The van der Waals surface area contributed by atoms with Crippen LogP contribution < -0.4 is 5.32 Å². The van der Waals surface area contributed by atoms with Gasteiger partial charge in [0, 0.05) is 6.54 Å². The molecule has 0 amide bonds. The van der Waals surface area contributed by atoms with Gasteiger partial charge in [0.25, 0.3) is 0 Å². The van der Waals surface area contributed by atoms with E-state index in [1.54, 1.807) is 6.07 Å². The van der Waals surface area contributed by atoms with Crippen molar-refractivity contribution >= 4 is 11.6 Å². The van der Waals surface area contributed by atoms with Gasteiger partial charge in [0.15, 0.2) is 0 Å². The Kier molecular flexibility index (Phi) is 6.10. The van der Waals surface area contributed by atoms with Gasteiger partial charge in [-0.15, -0.1) is 0 Å². The maximum absolute atomic E-state index is 13.3. The van der Waals surface area contributed by atoms with Crippen molar-refractivity contribution in [3.8, 4) is 0 Å². The molecule has 1 aromatic rings. The summed E-state index contributed by atoms with van der Waals surface area (Å²) >= 11 is 5.65. The number of hydrogen-bond donors (Lipinski definition) is 1. The predicted octanol–water partition coefficient (Wildman–Crippen LogP) is 4.50. The molecule has 0 saturated carbocycles. The lowest BCUT2D eigenvalue weighted by atomic mass is 9.85. The molecule has 1 N–H and O–H groups in total. The van der Waals surface area contributed by atoms with Crippen LogP contribution in [0.2, 0.25) is 5.02 Å². The Labute approximate surface area is 115 Å². The number of hydrogen-bond acceptors (Lipinski definition) is 1. The van der Waals surface area contributed by atoms with E-state index in [1.165, 1.54) is 6.07 Å². The maximum Gasteiger partial charge on any atom is 0.142 e. The Morgan fingerprint density at radius 3 is 2.28 bits per heavy atom. The number of rotatable bonds is 6. The van der Waals surface area contributed by atoms with E-state index in [9.17, 15) is 4.39 Å². The van der Waals surface area contributed by atoms with Crippen LogP contribution in [0.25, 0.3) is 0 Å². The molecule has 0 saturated heterocycles. The Hall–Kier alpha value is -0.600. The van der Waals surface area contributed by atoms with Crippen LogP contribution in [0, 0.1) is 23.6 Å². The second kappa shape index (κ2) is 7.10. The van der Waals surface area contributed by atoms with Crippen molar-refractivity contribution in [2.45, 2.75) is 34.2 Å². The largest absolute Gasteiger partial charge is 0.312 e. The zero-order valence-electron chi connectivity index (χ0n) is 11.6. The molecule has 102 valence electrons. The number of nitrogens with one attached hydrogen (secondary N) is 1. The fourth-order valence-corrected chi connectivity index (χ4v) is 2.39. The molecule has 0 heterocycles. The van der Waals surface area contributed by atoms with Gasteiger partial charge < -0.3 is 5.32 Å². The summed E-state index contributed by atoms with van der Waals surface area (Å²) in [5, 5.41) is 3.58. The van der Waals surface area contributed by atoms with Crippen LogP contribution in [-0.4, -0.2) is 6.54 Å². The third kappa shape index (κ3) is 4.58. The van der Waals surface area contributed by atoms with Crippen LogP contribution in [-0.2, 0) is 6.54 Å². The minimum Gasteiger partial charge on any atom is -0.312 e. The Balaban J connectivity index is 2.47. The molecule has 1 aromatic carbocycles. The minimum absolute atomic E-state index is 0.181. The summed E-state index contributed by atoms with van der Waals surface area (Å²) in [6.45, 7) is 10.6. The molecular formula is C15H23ClFN. The molecule has 0 aliphatic heterocycles. The zero-order valence-corrected chi connectivity index (χ0v) is 12.4. The molecular weight excluding hydrogens is 249 g/mol. The van der Waals surface area contributed by atoms with Gasteiger partial charge in [-0.1, -0.05) is 45.4 Å². The molecule has 3 heteroatoms. The standard InChI is InChI=1S/C15H23ClFN/c1-10(2)13(11(3)4)9-18-8-12-5-6-14(16)15(17)7-12/h5-7,10-11,13,18H,8-9H2,1-4H3. The Morgan fingerprint density at radius 2 is 1.78 bits per heavy atom. The van der Waals surface area contributed by atoms with Crippen molar-refractivity contribution in [1.29, 1.82) is 0 Å². The molecule has 18 heavy (non-hydrogen) atoms. The molecule has 0 fully saturated rings. The molecule has 0 spiro atoms. The highest BCUT2D eigenvalue weighted by atomic mass is 35.5. The van der Waals surface area contributed by atoms with Crippen molar-refractivity contribution in [2.75, 3.05) is 6.54 Å². The van der Waals surface area contributed by atoms with E-state index in [0.29, 0.717) is 24.3 Å². The van der Waals surface area contributed by atoms with E-state index in [2.05, 4.69) is 33.0 Å². The van der Waals surface area contributed by atoms with Gasteiger partial charge in [-0.05, 0) is 42.0 Å². The molecule has 1 rings (SSSR count). The average Bonchev–Trinajstić information content (AvgIpc) is 2.28. The third-order valence-electron chi connectivity index (χ3n) is 3.41.